The zero-order valence-electron chi connectivity index (χ0n) is 8.65. The Morgan fingerprint density at radius 3 is 2.35 bits per heavy atom. The van der Waals surface area contributed by atoms with E-state index in [-0.39, 0.29) is 0 Å². The molecule has 0 heterocycles. The van der Waals surface area contributed by atoms with E-state index in [1.54, 1.807) is 0 Å². The van der Waals surface area contributed by atoms with Crippen molar-refractivity contribution in [2.75, 3.05) is 0 Å². The lowest BCUT2D eigenvalue weighted by Crippen LogP contribution is -2.45. The van der Waals surface area contributed by atoms with Gasteiger partial charge < -0.3 is 10.2 Å². The van der Waals surface area contributed by atoms with Crippen molar-refractivity contribution in [2.24, 2.45) is 11.3 Å². The maximum absolute atomic E-state index is 13.2. The summed E-state index contributed by atoms with van der Waals surface area (Å²) in [6.45, 7) is 1.00. The van der Waals surface area contributed by atoms with Crippen LogP contribution in [-0.2, 0) is 9.59 Å². The van der Waals surface area contributed by atoms with E-state index in [0.29, 0.717) is 0 Å². The minimum Gasteiger partial charge on any atom is -0.481 e. The van der Waals surface area contributed by atoms with Gasteiger partial charge in [-0.25, -0.2) is 4.79 Å². The zero-order valence-corrected chi connectivity index (χ0v) is 9.41. The topological polar surface area (TPSA) is 74.6 Å². The van der Waals surface area contributed by atoms with E-state index in [2.05, 4.69) is 0 Å². The number of aliphatic carboxylic acids is 2. The average Bonchev–Trinajstić information content (AvgIpc) is 2.14. The van der Waals surface area contributed by atoms with Gasteiger partial charge in [-0.15, -0.1) is 0 Å². The minimum absolute atomic E-state index is 0.725. The normalized spacial score (nSPS) is 28.7. The highest BCUT2D eigenvalue weighted by atomic mass is 35.5. The molecule has 0 amide bonds. The van der Waals surface area contributed by atoms with E-state index in [9.17, 15) is 18.4 Å². The fourth-order valence-corrected chi connectivity index (χ4v) is 2.12. The zero-order chi connectivity index (χ0) is 13.4. The molecule has 0 saturated carbocycles. The number of carbonyl (C=O) groups is 2. The standard InChI is InChI=1S/C10H9ClF2O4/c1-9(8(16)17)4-2-3-5(7(14)15)6(9)10(11,12)13/h2-4,6H,1H3,(H,14,15)(H,16,17). The number of rotatable bonds is 3. The van der Waals surface area contributed by atoms with Crippen LogP contribution in [0.4, 0.5) is 8.78 Å². The Labute approximate surface area is 100 Å². The summed E-state index contributed by atoms with van der Waals surface area (Å²) < 4.78 is 26.5. The molecule has 0 aliphatic heterocycles. The molecule has 4 nitrogen and oxygen atoms in total. The number of allylic oxidation sites excluding steroid dienone is 2. The second kappa shape index (κ2) is 4.10. The van der Waals surface area contributed by atoms with Crippen molar-refractivity contribution in [1.82, 2.24) is 0 Å². The summed E-state index contributed by atoms with van der Waals surface area (Å²) in [7, 11) is 0. The molecule has 0 aromatic heterocycles. The van der Waals surface area contributed by atoms with Gasteiger partial charge in [-0.2, -0.15) is 8.78 Å². The number of alkyl halides is 3. The van der Waals surface area contributed by atoms with E-state index < -0.39 is 34.2 Å². The van der Waals surface area contributed by atoms with Gasteiger partial charge in [0.15, 0.2) is 0 Å². The van der Waals surface area contributed by atoms with E-state index in [0.717, 1.165) is 25.2 Å². The molecule has 0 saturated heterocycles. The van der Waals surface area contributed by atoms with Crippen molar-refractivity contribution in [2.45, 2.75) is 12.3 Å². The van der Waals surface area contributed by atoms with Crippen LogP contribution >= 0.6 is 11.6 Å². The van der Waals surface area contributed by atoms with Crippen LogP contribution in [0.2, 0.25) is 0 Å². The molecule has 0 spiro atoms. The van der Waals surface area contributed by atoms with Crippen molar-refractivity contribution >= 4 is 23.5 Å². The van der Waals surface area contributed by atoms with Gasteiger partial charge in [0.25, 0.3) is 0 Å². The molecule has 2 unspecified atom stereocenters. The summed E-state index contributed by atoms with van der Waals surface area (Å²) in [5, 5.41) is 13.8. The molecular formula is C10H9ClF2O4. The van der Waals surface area contributed by atoms with Gasteiger partial charge in [-0.1, -0.05) is 18.2 Å². The van der Waals surface area contributed by atoms with Crippen LogP contribution in [0, 0.1) is 11.3 Å². The van der Waals surface area contributed by atoms with Gasteiger partial charge in [0.05, 0.1) is 11.3 Å². The fourth-order valence-electron chi connectivity index (χ4n) is 1.77. The third kappa shape index (κ3) is 2.31. The largest absolute Gasteiger partial charge is 0.481 e. The van der Waals surface area contributed by atoms with Crippen LogP contribution in [0.5, 0.6) is 0 Å². The lowest BCUT2D eigenvalue weighted by molar-refractivity contribution is -0.153. The van der Waals surface area contributed by atoms with Crippen LogP contribution in [-0.4, -0.2) is 27.5 Å². The third-order valence-corrected chi connectivity index (χ3v) is 2.88. The third-order valence-electron chi connectivity index (χ3n) is 2.66. The van der Waals surface area contributed by atoms with Crippen LogP contribution in [0.3, 0.4) is 0 Å². The summed E-state index contributed by atoms with van der Waals surface area (Å²) in [6.07, 6.45) is 3.05. The van der Waals surface area contributed by atoms with E-state index >= 15 is 0 Å². The highest BCUT2D eigenvalue weighted by molar-refractivity contribution is 6.22. The van der Waals surface area contributed by atoms with Crippen molar-refractivity contribution in [3.8, 4) is 0 Å². The number of carboxylic acid groups (broad SMARTS) is 2. The second-order valence-electron chi connectivity index (χ2n) is 3.85. The van der Waals surface area contributed by atoms with Crippen LogP contribution in [0.25, 0.3) is 0 Å². The summed E-state index contributed by atoms with van der Waals surface area (Å²) >= 11 is 4.84. The Hall–Kier alpha value is -1.43. The first kappa shape index (κ1) is 13.6. The summed E-state index contributed by atoms with van der Waals surface area (Å²) in [5.41, 5.74) is -2.79. The predicted molar refractivity (Wildman–Crippen MR) is 54.9 cm³/mol. The van der Waals surface area contributed by atoms with Gasteiger partial charge in [0.2, 0.25) is 0 Å². The fraction of sp³-hybridized carbons (Fsp3) is 0.400. The maximum Gasteiger partial charge on any atom is 0.332 e. The van der Waals surface area contributed by atoms with Crippen LogP contribution < -0.4 is 0 Å². The molecule has 1 aliphatic carbocycles. The quantitative estimate of drug-likeness (QED) is 0.767. The van der Waals surface area contributed by atoms with Crippen LogP contribution in [0.15, 0.2) is 23.8 Å². The van der Waals surface area contributed by atoms with Gasteiger partial charge in [0, 0.05) is 5.57 Å². The van der Waals surface area contributed by atoms with E-state index in [1.807, 2.05) is 0 Å². The highest BCUT2D eigenvalue weighted by Gasteiger charge is 2.56. The number of hydrogen-bond acceptors (Lipinski definition) is 2. The molecule has 1 aliphatic rings. The molecule has 0 fully saturated rings. The molecule has 0 aromatic carbocycles. The Bertz CT molecular complexity index is 425. The lowest BCUT2D eigenvalue weighted by atomic mass is 9.70. The van der Waals surface area contributed by atoms with Crippen molar-refractivity contribution in [3.05, 3.63) is 23.8 Å². The Balaban J connectivity index is 3.39. The number of hydrogen-bond donors (Lipinski definition) is 2. The highest BCUT2D eigenvalue weighted by Crippen LogP contribution is 2.48. The van der Waals surface area contributed by atoms with Gasteiger partial charge in [-0.3, -0.25) is 4.79 Å². The molecule has 94 valence electrons. The van der Waals surface area contributed by atoms with Crippen molar-refractivity contribution in [1.29, 1.82) is 0 Å². The maximum atomic E-state index is 13.2. The molecule has 0 aromatic rings. The Kier molecular flexibility index (Phi) is 3.29. The van der Waals surface area contributed by atoms with Crippen LogP contribution in [0.1, 0.15) is 6.92 Å². The van der Waals surface area contributed by atoms with Crippen molar-refractivity contribution < 1.29 is 28.6 Å². The molecule has 0 radical (unpaired) electrons. The SMILES string of the molecule is CC1(C(=O)O)C=CC=C(C(=O)O)C1C(F)(F)Cl. The summed E-state index contributed by atoms with van der Waals surface area (Å²) in [5.74, 6) is -5.31. The molecular weight excluding hydrogens is 258 g/mol. The van der Waals surface area contributed by atoms with Crippen molar-refractivity contribution in [3.63, 3.8) is 0 Å². The van der Waals surface area contributed by atoms with Gasteiger partial charge in [0.1, 0.15) is 0 Å². The minimum atomic E-state index is -3.97. The average molecular weight is 267 g/mol. The Morgan fingerprint density at radius 1 is 1.47 bits per heavy atom. The monoisotopic (exact) mass is 266 g/mol. The summed E-state index contributed by atoms with van der Waals surface area (Å²) in [4.78, 5) is 21.9. The first-order valence-corrected chi connectivity index (χ1v) is 4.91. The molecule has 0 bridgehead atoms. The van der Waals surface area contributed by atoms with Gasteiger partial charge in [-0.05, 0) is 18.5 Å². The summed E-state index contributed by atoms with van der Waals surface area (Å²) in [6, 6.07) is 0. The van der Waals surface area contributed by atoms with Gasteiger partial charge >= 0.3 is 17.3 Å². The smallest absolute Gasteiger partial charge is 0.332 e. The predicted octanol–water partition coefficient (Wildman–Crippen LogP) is 2.11. The molecule has 2 atom stereocenters. The number of halogens is 3. The molecule has 7 heteroatoms. The first-order valence-electron chi connectivity index (χ1n) is 4.53. The first-order chi connectivity index (χ1) is 7.60. The van der Waals surface area contributed by atoms with E-state index in [4.69, 9.17) is 21.8 Å². The second-order valence-corrected chi connectivity index (χ2v) is 4.35. The lowest BCUT2D eigenvalue weighted by Gasteiger charge is -2.36. The molecule has 17 heavy (non-hydrogen) atoms. The Morgan fingerprint density at radius 2 is 2.00 bits per heavy atom. The molecule has 1 rings (SSSR count). The van der Waals surface area contributed by atoms with E-state index in [1.165, 1.54) is 0 Å². The number of carboxylic acids is 2. The molecule has 2 N–H and O–H groups in total.